The van der Waals surface area contributed by atoms with Crippen LogP contribution in [0.5, 0.6) is 11.5 Å². The lowest BCUT2D eigenvalue weighted by Gasteiger charge is -2.14. The van der Waals surface area contributed by atoms with E-state index in [1.165, 1.54) is 0 Å². The predicted molar refractivity (Wildman–Crippen MR) is 117 cm³/mol. The van der Waals surface area contributed by atoms with Gasteiger partial charge in [-0.1, -0.05) is 18.2 Å². The van der Waals surface area contributed by atoms with Crippen molar-refractivity contribution in [3.05, 3.63) is 60.7 Å². The summed E-state index contributed by atoms with van der Waals surface area (Å²) >= 11 is 0. The summed E-state index contributed by atoms with van der Waals surface area (Å²) in [5, 5.41) is 7.43. The van der Waals surface area contributed by atoms with Crippen LogP contribution in [0.1, 0.15) is 12.5 Å². The quantitative estimate of drug-likeness (QED) is 0.605. The van der Waals surface area contributed by atoms with Crippen molar-refractivity contribution in [3.8, 4) is 22.8 Å². The van der Waals surface area contributed by atoms with Gasteiger partial charge in [-0.3, -0.25) is 4.79 Å². The lowest BCUT2D eigenvalue weighted by molar-refractivity contribution is -0.118. The summed E-state index contributed by atoms with van der Waals surface area (Å²) in [5.41, 5.74) is 1.46. The van der Waals surface area contributed by atoms with Gasteiger partial charge in [-0.15, -0.1) is 0 Å². The van der Waals surface area contributed by atoms with Gasteiger partial charge in [0, 0.05) is 11.6 Å². The molecule has 0 unspecified atom stereocenters. The van der Waals surface area contributed by atoms with Gasteiger partial charge < -0.3 is 14.8 Å². The molecule has 2 heterocycles. The Morgan fingerprint density at radius 3 is 2.52 bits per heavy atom. The van der Waals surface area contributed by atoms with E-state index in [1.54, 1.807) is 30.0 Å². The molecule has 0 spiro atoms. The summed E-state index contributed by atoms with van der Waals surface area (Å²) < 4.78 is 36.3. The highest BCUT2D eigenvalue weighted by Gasteiger charge is 2.31. The fraction of sp³-hybridized carbons (Fsp3) is 0.273. The number of rotatable bonds is 7. The monoisotopic (exact) mass is 441 g/mol. The van der Waals surface area contributed by atoms with Crippen LogP contribution in [-0.2, 0) is 14.6 Å². The minimum absolute atomic E-state index is 0.000117. The first-order valence-electron chi connectivity index (χ1n) is 9.85. The third kappa shape index (κ3) is 5.05. The maximum atomic E-state index is 12.5. The molecule has 0 saturated carbocycles. The highest BCUT2D eigenvalue weighted by atomic mass is 32.2. The number of para-hydroxylation sites is 1. The summed E-state index contributed by atoms with van der Waals surface area (Å²) in [6.45, 7) is -0.171. The summed E-state index contributed by atoms with van der Waals surface area (Å²) in [7, 11) is -1.52. The SMILES string of the molecule is COc1ccc(-c2cc(NC(=O)COc3ccccc3)n([C@@H]3CCS(=O)(=O)C3)n2)cc1. The molecule has 0 bridgehead atoms. The van der Waals surface area contributed by atoms with Gasteiger partial charge >= 0.3 is 0 Å². The zero-order valence-corrected chi connectivity index (χ0v) is 17.8. The molecule has 8 nitrogen and oxygen atoms in total. The Balaban J connectivity index is 1.56. The van der Waals surface area contributed by atoms with Crippen LogP contribution in [0.4, 0.5) is 5.82 Å². The maximum absolute atomic E-state index is 12.5. The normalized spacial score (nSPS) is 17.3. The van der Waals surface area contributed by atoms with Crippen LogP contribution in [0.15, 0.2) is 60.7 Å². The van der Waals surface area contributed by atoms with Crippen molar-refractivity contribution >= 4 is 21.6 Å². The van der Waals surface area contributed by atoms with Gasteiger partial charge in [0.2, 0.25) is 0 Å². The number of amides is 1. The van der Waals surface area contributed by atoms with Crippen LogP contribution in [-0.4, -0.2) is 49.3 Å². The van der Waals surface area contributed by atoms with Crippen LogP contribution in [0, 0.1) is 0 Å². The molecular formula is C22H23N3O5S. The van der Waals surface area contributed by atoms with Gasteiger partial charge in [0.25, 0.3) is 5.91 Å². The van der Waals surface area contributed by atoms with Crippen molar-refractivity contribution in [2.45, 2.75) is 12.5 Å². The van der Waals surface area contributed by atoms with E-state index in [1.807, 2.05) is 42.5 Å². The number of benzene rings is 2. The third-order valence-electron chi connectivity index (χ3n) is 5.06. The Labute approximate surface area is 180 Å². The van der Waals surface area contributed by atoms with Gasteiger partial charge in [0.05, 0.1) is 30.4 Å². The Hall–Kier alpha value is -3.33. The fourth-order valence-corrected chi connectivity index (χ4v) is 5.17. The highest BCUT2D eigenvalue weighted by molar-refractivity contribution is 7.91. The van der Waals surface area contributed by atoms with Gasteiger partial charge in [0.15, 0.2) is 16.4 Å². The Bertz CT molecular complexity index is 1160. The van der Waals surface area contributed by atoms with Crippen LogP contribution in [0.3, 0.4) is 0 Å². The average molecular weight is 442 g/mol. The Kier molecular flexibility index (Phi) is 5.94. The number of aromatic nitrogens is 2. The van der Waals surface area contributed by atoms with Crippen LogP contribution in [0.2, 0.25) is 0 Å². The summed E-state index contributed by atoms with van der Waals surface area (Å²) in [5.74, 6) is 1.50. The van der Waals surface area contributed by atoms with Crippen LogP contribution >= 0.6 is 0 Å². The summed E-state index contributed by atoms with van der Waals surface area (Å²) in [6.07, 6.45) is 0.454. The number of anilines is 1. The molecule has 2 aromatic carbocycles. The highest BCUT2D eigenvalue weighted by Crippen LogP contribution is 2.31. The smallest absolute Gasteiger partial charge is 0.263 e. The number of ether oxygens (including phenoxy) is 2. The molecular weight excluding hydrogens is 418 g/mol. The largest absolute Gasteiger partial charge is 0.497 e. The molecule has 1 amide bonds. The van der Waals surface area contributed by atoms with Crippen molar-refractivity contribution in [1.82, 2.24) is 9.78 Å². The van der Waals surface area contributed by atoms with Gasteiger partial charge in [-0.2, -0.15) is 5.10 Å². The molecule has 1 aliphatic rings. The number of sulfone groups is 1. The standard InChI is InChI=1S/C22H23N3O5S/c1-29-18-9-7-16(8-10-18)20-13-21(25(24-20)17-11-12-31(27,28)15-17)23-22(26)14-30-19-5-3-2-4-6-19/h2-10,13,17H,11-12,14-15H2,1H3,(H,23,26)/t17-/m1/s1. The number of hydrogen-bond acceptors (Lipinski definition) is 6. The number of nitrogens with zero attached hydrogens (tertiary/aromatic N) is 2. The molecule has 9 heteroatoms. The van der Waals surface area contributed by atoms with Crippen LogP contribution < -0.4 is 14.8 Å². The van der Waals surface area contributed by atoms with Crippen molar-refractivity contribution in [1.29, 1.82) is 0 Å². The minimum atomic E-state index is -3.11. The minimum Gasteiger partial charge on any atom is -0.497 e. The maximum Gasteiger partial charge on any atom is 0.263 e. The van der Waals surface area contributed by atoms with E-state index in [0.717, 1.165) is 11.3 Å². The molecule has 1 aliphatic heterocycles. The van der Waals surface area contributed by atoms with E-state index < -0.39 is 9.84 Å². The molecule has 1 saturated heterocycles. The number of methoxy groups -OCH3 is 1. The van der Waals surface area contributed by atoms with Gasteiger partial charge in [0.1, 0.15) is 17.3 Å². The summed E-state index contributed by atoms with van der Waals surface area (Å²) in [6, 6.07) is 17.8. The Morgan fingerprint density at radius 2 is 1.87 bits per heavy atom. The van der Waals surface area contributed by atoms with E-state index in [-0.39, 0.29) is 30.1 Å². The van der Waals surface area contributed by atoms with Crippen LogP contribution in [0.25, 0.3) is 11.3 Å². The molecule has 1 aromatic heterocycles. The van der Waals surface area contributed by atoms with Crippen molar-refractivity contribution in [2.75, 3.05) is 30.5 Å². The average Bonchev–Trinajstić information content (AvgIpc) is 3.35. The van der Waals surface area contributed by atoms with E-state index in [4.69, 9.17) is 9.47 Å². The second-order valence-electron chi connectivity index (χ2n) is 7.29. The lowest BCUT2D eigenvalue weighted by Crippen LogP contribution is -2.23. The molecule has 162 valence electrons. The lowest BCUT2D eigenvalue weighted by atomic mass is 10.1. The second kappa shape index (κ2) is 8.81. The van der Waals surface area contributed by atoms with Gasteiger partial charge in [-0.25, -0.2) is 13.1 Å². The zero-order chi connectivity index (χ0) is 21.8. The topological polar surface area (TPSA) is 99.5 Å². The van der Waals surface area contributed by atoms with Crippen molar-refractivity contribution in [3.63, 3.8) is 0 Å². The molecule has 1 atom stereocenters. The first-order chi connectivity index (χ1) is 14.9. The molecule has 0 aliphatic carbocycles. The molecule has 31 heavy (non-hydrogen) atoms. The first kappa shape index (κ1) is 20.9. The third-order valence-corrected chi connectivity index (χ3v) is 6.81. The van der Waals surface area contributed by atoms with E-state index in [0.29, 0.717) is 23.7 Å². The molecule has 0 radical (unpaired) electrons. The zero-order valence-electron chi connectivity index (χ0n) is 17.0. The van der Waals surface area contributed by atoms with E-state index in [9.17, 15) is 13.2 Å². The number of carbonyl (C=O) groups excluding carboxylic acids is 1. The number of nitrogens with one attached hydrogen (secondary N) is 1. The van der Waals surface area contributed by atoms with E-state index >= 15 is 0 Å². The second-order valence-corrected chi connectivity index (χ2v) is 9.52. The number of hydrogen-bond donors (Lipinski definition) is 1. The fourth-order valence-electron chi connectivity index (χ4n) is 3.48. The summed E-state index contributed by atoms with van der Waals surface area (Å²) in [4.78, 5) is 12.5. The molecule has 1 fully saturated rings. The first-order valence-corrected chi connectivity index (χ1v) is 11.7. The van der Waals surface area contributed by atoms with E-state index in [2.05, 4.69) is 10.4 Å². The van der Waals surface area contributed by atoms with Crippen molar-refractivity contribution in [2.24, 2.45) is 0 Å². The Morgan fingerprint density at radius 1 is 1.13 bits per heavy atom. The van der Waals surface area contributed by atoms with Crippen molar-refractivity contribution < 1.29 is 22.7 Å². The molecule has 4 rings (SSSR count). The number of carbonyl (C=O) groups is 1. The van der Waals surface area contributed by atoms with Gasteiger partial charge in [-0.05, 0) is 42.8 Å². The predicted octanol–water partition coefficient (Wildman–Crippen LogP) is 2.94. The molecule has 3 aromatic rings. The molecule has 1 N–H and O–H groups in total.